The molecule has 0 saturated heterocycles. The standard InChI is InChI=1S/C16H40O4Si3/c1-9-17-22(7,18-10-2)15-13-21(5,6)14-16-23(8,19-11-3)20-12-4/h9-16H2,1-8H3. The largest absolute Gasteiger partial charge is 0.395 e. The molecule has 0 heterocycles. The van der Waals surface area contributed by atoms with Gasteiger partial charge >= 0.3 is 17.1 Å². The lowest BCUT2D eigenvalue weighted by molar-refractivity contribution is 0.190. The predicted molar refractivity (Wildman–Crippen MR) is 106 cm³/mol. The van der Waals surface area contributed by atoms with E-state index in [2.05, 4.69) is 53.9 Å². The molecule has 0 aromatic carbocycles. The summed E-state index contributed by atoms with van der Waals surface area (Å²) < 4.78 is 23.9. The first-order valence-corrected chi connectivity index (χ1v) is 17.7. The van der Waals surface area contributed by atoms with Crippen molar-refractivity contribution in [1.82, 2.24) is 0 Å². The zero-order valence-electron chi connectivity index (χ0n) is 16.8. The summed E-state index contributed by atoms with van der Waals surface area (Å²) in [5.74, 6) is 0. The third-order valence-electron chi connectivity index (χ3n) is 4.31. The highest BCUT2D eigenvalue weighted by molar-refractivity contribution is 6.81. The van der Waals surface area contributed by atoms with Gasteiger partial charge in [-0.2, -0.15) is 0 Å². The molecule has 0 spiro atoms. The molecule has 0 radical (unpaired) electrons. The maximum Gasteiger partial charge on any atom is 0.334 e. The molecule has 0 rings (SSSR count). The van der Waals surface area contributed by atoms with Gasteiger partial charge in [0, 0.05) is 34.5 Å². The second-order valence-electron chi connectivity index (χ2n) is 7.16. The average molecular weight is 381 g/mol. The van der Waals surface area contributed by atoms with Crippen LogP contribution in [0.15, 0.2) is 0 Å². The maximum atomic E-state index is 5.99. The first-order chi connectivity index (χ1) is 10.7. The molecule has 0 fully saturated rings. The summed E-state index contributed by atoms with van der Waals surface area (Å²) >= 11 is 0. The topological polar surface area (TPSA) is 36.9 Å². The molecule has 7 heteroatoms. The van der Waals surface area contributed by atoms with Crippen molar-refractivity contribution < 1.29 is 17.7 Å². The second-order valence-corrected chi connectivity index (χ2v) is 19.2. The smallest absolute Gasteiger partial charge is 0.334 e. The van der Waals surface area contributed by atoms with Crippen molar-refractivity contribution in [2.24, 2.45) is 0 Å². The highest BCUT2D eigenvalue weighted by Crippen LogP contribution is 2.29. The lowest BCUT2D eigenvalue weighted by Crippen LogP contribution is -2.43. The van der Waals surface area contributed by atoms with Gasteiger partial charge in [-0.1, -0.05) is 25.2 Å². The quantitative estimate of drug-likeness (QED) is 0.398. The van der Waals surface area contributed by atoms with Gasteiger partial charge in [-0.05, 0) is 52.9 Å². The Balaban J connectivity index is 4.56. The molecule has 23 heavy (non-hydrogen) atoms. The molecule has 0 aliphatic heterocycles. The Labute approximate surface area is 147 Å². The van der Waals surface area contributed by atoms with Crippen molar-refractivity contribution in [2.75, 3.05) is 26.4 Å². The van der Waals surface area contributed by atoms with Crippen molar-refractivity contribution in [3.8, 4) is 0 Å². The zero-order chi connectivity index (χ0) is 18.0. The third kappa shape index (κ3) is 10.2. The summed E-state index contributed by atoms with van der Waals surface area (Å²) in [4.78, 5) is 0. The van der Waals surface area contributed by atoms with E-state index in [9.17, 15) is 0 Å². The van der Waals surface area contributed by atoms with Crippen LogP contribution in [-0.4, -0.2) is 51.6 Å². The molecule has 0 aromatic rings. The van der Waals surface area contributed by atoms with Gasteiger partial charge in [-0.3, -0.25) is 0 Å². The van der Waals surface area contributed by atoms with Crippen LogP contribution in [0.4, 0.5) is 0 Å². The number of rotatable bonds is 14. The normalized spacial score (nSPS) is 13.6. The summed E-state index contributed by atoms with van der Waals surface area (Å²) in [6.45, 7) is 20.7. The van der Waals surface area contributed by atoms with Crippen LogP contribution in [0.2, 0.25) is 50.4 Å². The lowest BCUT2D eigenvalue weighted by atomic mass is 10.9. The van der Waals surface area contributed by atoms with E-state index >= 15 is 0 Å². The second kappa shape index (κ2) is 11.2. The van der Waals surface area contributed by atoms with Gasteiger partial charge in [0.1, 0.15) is 0 Å². The fourth-order valence-corrected chi connectivity index (χ4v) is 15.3. The van der Waals surface area contributed by atoms with Gasteiger partial charge in [0.25, 0.3) is 0 Å². The Morgan fingerprint density at radius 3 is 0.957 bits per heavy atom. The minimum atomic E-state index is -1.98. The Morgan fingerprint density at radius 1 is 0.478 bits per heavy atom. The molecular formula is C16H40O4Si3. The van der Waals surface area contributed by atoms with Gasteiger partial charge in [0.2, 0.25) is 0 Å². The molecule has 0 atom stereocenters. The van der Waals surface area contributed by atoms with E-state index in [1.165, 1.54) is 12.1 Å². The van der Waals surface area contributed by atoms with E-state index in [4.69, 9.17) is 17.7 Å². The molecule has 0 aliphatic rings. The SMILES string of the molecule is CCO[Si](C)(CC[Si](C)(C)CC[Si](C)(OCC)OCC)OCC. The fourth-order valence-electron chi connectivity index (χ4n) is 2.85. The molecule has 0 aliphatic carbocycles. The Bertz CT molecular complexity index is 274. The summed E-state index contributed by atoms with van der Waals surface area (Å²) in [5.41, 5.74) is 0. The van der Waals surface area contributed by atoms with E-state index < -0.39 is 25.2 Å². The van der Waals surface area contributed by atoms with Gasteiger partial charge in [0.15, 0.2) is 0 Å². The summed E-state index contributed by atoms with van der Waals surface area (Å²) in [7, 11) is -5.25. The minimum absolute atomic E-state index is 0.754. The van der Waals surface area contributed by atoms with Crippen LogP contribution < -0.4 is 0 Å². The van der Waals surface area contributed by atoms with Crippen molar-refractivity contribution in [3.05, 3.63) is 0 Å². The van der Waals surface area contributed by atoms with Gasteiger partial charge in [-0.15, -0.1) is 0 Å². The van der Waals surface area contributed by atoms with Crippen LogP contribution >= 0.6 is 0 Å². The van der Waals surface area contributed by atoms with Crippen LogP contribution in [0.3, 0.4) is 0 Å². The molecule has 0 unspecified atom stereocenters. The molecular weight excluding hydrogens is 340 g/mol. The summed E-state index contributed by atoms with van der Waals surface area (Å²) in [6.07, 6.45) is 0. The molecule has 4 nitrogen and oxygen atoms in total. The number of hydrogen-bond acceptors (Lipinski definition) is 4. The first-order valence-electron chi connectivity index (χ1n) is 9.21. The molecule has 0 saturated carbocycles. The van der Waals surface area contributed by atoms with Crippen LogP contribution in [-0.2, 0) is 17.7 Å². The molecule has 140 valence electrons. The van der Waals surface area contributed by atoms with Crippen molar-refractivity contribution in [3.63, 3.8) is 0 Å². The van der Waals surface area contributed by atoms with Crippen LogP contribution in [0, 0.1) is 0 Å². The Morgan fingerprint density at radius 2 is 0.739 bits per heavy atom. The van der Waals surface area contributed by atoms with Crippen molar-refractivity contribution in [2.45, 2.75) is 78.1 Å². The Kier molecular flexibility index (Phi) is 11.4. The molecule has 0 amide bonds. The van der Waals surface area contributed by atoms with E-state index in [1.807, 2.05) is 0 Å². The van der Waals surface area contributed by atoms with E-state index in [0.717, 1.165) is 38.5 Å². The average Bonchev–Trinajstić information content (AvgIpc) is 2.45. The highest BCUT2D eigenvalue weighted by Gasteiger charge is 2.37. The fraction of sp³-hybridized carbons (Fsp3) is 1.00. The van der Waals surface area contributed by atoms with Crippen molar-refractivity contribution in [1.29, 1.82) is 0 Å². The first kappa shape index (κ1) is 23.5. The zero-order valence-corrected chi connectivity index (χ0v) is 19.8. The molecule has 0 N–H and O–H groups in total. The monoisotopic (exact) mass is 380 g/mol. The van der Waals surface area contributed by atoms with E-state index in [0.29, 0.717) is 0 Å². The number of hydrogen-bond donors (Lipinski definition) is 0. The van der Waals surface area contributed by atoms with E-state index in [-0.39, 0.29) is 0 Å². The molecule has 0 bridgehead atoms. The van der Waals surface area contributed by atoms with E-state index in [1.54, 1.807) is 0 Å². The summed E-state index contributed by atoms with van der Waals surface area (Å²) in [5, 5.41) is 0. The van der Waals surface area contributed by atoms with Crippen molar-refractivity contribution >= 4 is 25.2 Å². The lowest BCUT2D eigenvalue weighted by Gasteiger charge is -2.32. The predicted octanol–water partition coefficient (Wildman–Crippen LogP) is 4.98. The summed E-state index contributed by atoms with van der Waals surface area (Å²) in [6, 6.07) is 4.74. The van der Waals surface area contributed by atoms with Gasteiger partial charge in [-0.25, -0.2) is 0 Å². The maximum absolute atomic E-state index is 5.99. The van der Waals surface area contributed by atoms with Crippen LogP contribution in [0.5, 0.6) is 0 Å². The van der Waals surface area contributed by atoms with Gasteiger partial charge < -0.3 is 17.7 Å². The Hall–Kier alpha value is 0.491. The van der Waals surface area contributed by atoms with Crippen LogP contribution in [0.25, 0.3) is 0 Å². The highest BCUT2D eigenvalue weighted by atomic mass is 28.4. The third-order valence-corrected chi connectivity index (χ3v) is 14.4. The molecule has 0 aromatic heterocycles. The minimum Gasteiger partial charge on any atom is -0.395 e. The van der Waals surface area contributed by atoms with Gasteiger partial charge in [0.05, 0.1) is 0 Å². The van der Waals surface area contributed by atoms with Crippen LogP contribution in [0.1, 0.15) is 27.7 Å².